The molecule has 1 amide bonds. The average Bonchev–Trinajstić information content (AvgIpc) is 3.26. The third kappa shape index (κ3) is 3.89. The van der Waals surface area contributed by atoms with Gasteiger partial charge in [-0.05, 0) is 80.1 Å². The molecule has 0 saturated carbocycles. The van der Waals surface area contributed by atoms with Crippen LogP contribution in [0.1, 0.15) is 47.3 Å². The van der Waals surface area contributed by atoms with Gasteiger partial charge in [0.2, 0.25) is 10.0 Å². The molecular weight excluding hydrogens is 446 g/mol. The van der Waals surface area contributed by atoms with Crippen molar-refractivity contribution < 1.29 is 13.2 Å². The highest BCUT2D eigenvalue weighted by Crippen LogP contribution is 2.32. The number of anilines is 1. The minimum atomic E-state index is -3.50. The van der Waals surface area contributed by atoms with E-state index in [1.54, 1.807) is 40.7 Å². The van der Waals surface area contributed by atoms with Gasteiger partial charge in [-0.15, -0.1) is 0 Å². The normalized spacial score (nSPS) is 16.8. The van der Waals surface area contributed by atoms with Crippen molar-refractivity contribution in [3.8, 4) is 0 Å². The van der Waals surface area contributed by atoms with E-state index in [1.165, 1.54) is 0 Å². The van der Waals surface area contributed by atoms with Crippen molar-refractivity contribution in [1.82, 2.24) is 9.29 Å². The van der Waals surface area contributed by atoms with E-state index in [0.29, 0.717) is 29.4 Å². The number of rotatable bonds is 4. The lowest BCUT2D eigenvalue weighted by molar-refractivity contribution is 0.102. The van der Waals surface area contributed by atoms with Gasteiger partial charge in [-0.3, -0.25) is 9.78 Å². The summed E-state index contributed by atoms with van der Waals surface area (Å²) >= 11 is 6.21. The van der Waals surface area contributed by atoms with Crippen molar-refractivity contribution in [1.29, 1.82) is 0 Å². The number of sulfonamides is 1. The van der Waals surface area contributed by atoms with Gasteiger partial charge >= 0.3 is 0 Å². The van der Waals surface area contributed by atoms with Gasteiger partial charge in [-0.1, -0.05) is 18.0 Å². The molecule has 0 unspecified atom stereocenters. The second-order valence-corrected chi connectivity index (χ2v) is 10.7. The first-order valence-electron chi connectivity index (χ1n) is 11.0. The van der Waals surface area contributed by atoms with Crippen molar-refractivity contribution in [3.63, 3.8) is 0 Å². The number of halogens is 1. The van der Waals surface area contributed by atoms with Gasteiger partial charge in [0.1, 0.15) is 0 Å². The maximum absolute atomic E-state index is 13.3. The van der Waals surface area contributed by atoms with Crippen LogP contribution in [-0.4, -0.2) is 36.7 Å². The average molecular weight is 470 g/mol. The maximum Gasteiger partial charge on any atom is 0.256 e. The minimum absolute atomic E-state index is 0.232. The Morgan fingerprint density at radius 3 is 2.47 bits per heavy atom. The summed E-state index contributed by atoms with van der Waals surface area (Å²) in [4.78, 5) is 18.3. The van der Waals surface area contributed by atoms with Crippen molar-refractivity contribution in [2.24, 2.45) is 0 Å². The lowest BCUT2D eigenvalue weighted by atomic mass is 10.0. The molecule has 166 valence electrons. The Balaban J connectivity index is 1.44. The number of hydrogen-bond donors (Lipinski definition) is 1. The van der Waals surface area contributed by atoms with E-state index in [0.717, 1.165) is 60.7 Å². The number of benzene rings is 2. The summed E-state index contributed by atoms with van der Waals surface area (Å²) in [5.41, 5.74) is 3.85. The molecule has 2 aliphatic rings. The highest BCUT2D eigenvalue weighted by molar-refractivity contribution is 7.89. The lowest BCUT2D eigenvalue weighted by Gasteiger charge is -2.25. The van der Waals surface area contributed by atoms with Crippen LogP contribution in [0.2, 0.25) is 5.02 Å². The highest BCUT2D eigenvalue weighted by Gasteiger charge is 2.27. The molecule has 0 atom stereocenters. The number of piperidine rings is 1. The predicted molar refractivity (Wildman–Crippen MR) is 126 cm³/mol. The van der Waals surface area contributed by atoms with E-state index in [4.69, 9.17) is 16.6 Å². The standard InChI is InChI=1S/C24H24ClN3O3S/c25-16-7-12-22-20(15-16)23(19-5-4-6-21(19)27-22)24(29)26-17-8-10-18(11-9-17)32(30,31)28-13-2-1-3-14-28/h7-12,15H,1-6,13-14H2,(H,26,29). The third-order valence-corrected chi connectivity index (χ3v) is 8.41. The third-order valence-electron chi connectivity index (χ3n) is 6.27. The second kappa shape index (κ2) is 8.46. The molecule has 0 radical (unpaired) electrons. The van der Waals surface area contributed by atoms with Crippen LogP contribution in [-0.2, 0) is 22.9 Å². The SMILES string of the molecule is O=C(Nc1ccc(S(=O)(=O)N2CCCCC2)cc1)c1c2c(nc3ccc(Cl)cc13)CCC2. The van der Waals surface area contributed by atoms with Crippen LogP contribution in [0.3, 0.4) is 0 Å². The molecule has 8 heteroatoms. The first kappa shape index (κ1) is 21.4. The number of amides is 1. The highest BCUT2D eigenvalue weighted by atomic mass is 35.5. The molecule has 1 fully saturated rings. The number of hydrogen-bond acceptors (Lipinski definition) is 4. The van der Waals surface area contributed by atoms with Crippen LogP contribution in [0.5, 0.6) is 0 Å². The molecule has 1 saturated heterocycles. The largest absolute Gasteiger partial charge is 0.322 e. The summed E-state index contributed by atoms with van der Waals surface area (Å²) in [5, 5.41) is 4.23. The molecular formula is C24H24ClN3O3S. The molecule has 3 aromatic rings. The number of fused-ring (bicyclic) bond motifs is 2. The molecule has 1 aliphatic carbocycles. The number of carbonyl (C=O) groups excluding carboxylic acids is 1. The van der Waals surface area contributed by atoms with Crippen molar-refractivity contribution in [2.45, 2.75) is 43.4 Å². The number of carbonyl (C=O) groups is 1. The Morgan fingerprint density at radius 1 is 0.969 bits per heavy atom. The van der Waals surface area contributed by atoms with Gasteiger partial charge in [-0.25, -0.2) is 8.42 Å². The van der Waals surface area contributed by atoms with E-state index in [9.17, 15) is 13.2 Å². The van der Waals surface area contributed by atoms with Crippen LogP contribution >= 0.6 is 11.6 Å². The van der Waals surface area contributed by atoms with E-state index in [2.05, 4.69) is 5.32 Å². The van der Waals surface area contributed by atoms with Gasteiger partial charge in [-0.2, -0.15) is 4.31 Å². The maximum atomic E-state index is 13.3. The number of pyridine rings is 1. The van der Waals surface area contributed by atoms with Gasteiger partial charge in [0.15, 0.2) is 0 Å². The van der Waals surface area contributed by atoms with E-state index < -0.39 is 10.0 Å². The molecule has 6 nitrogen and oxygen atoms in total. The van der Waals surface area contributed by atoms with Crippen LogP contribution in [0.25, 0.3) is 10.9 Å². The molecule has 1 aliphatic heterocycles. The first-order valence-corrected chi connectivity index (χ1v) is 12.8. The van der Waals surface area contributed by atoms with Crippen molar-refractivity contribution >= 4 is 44.1 Å². The Kier molecular flexibility index (Phi) is 5.65. The monoisotopic (exact) mass is 469 g/mol. The molecule has 1 aromatic heterocycles. The van der Waals surface area contributed by atoms with Gasteiger partial charge in [0, 0.05) is 34.9 Å². The Hall–Kier alpha value is -2.48. The number of aryl methyl sites for hydroxylation is 1. The summed E-state index contributed by atoms with van der Waals surface area (Å²) in [6.45, 7) is 1.12. The Bertz CT molecular complexity index is 1300. The summed E-state index contributed by atoms with van der Waals surface area (Å²) in [6, 6.07) is 11.8. The fraction of sp³-hybridized carbons (Fsp3) is 0.333. The topological polar surface area (TPSA) is 79.4 Å². The molecule has 1 N–H and O–H groups in total. The summed E-state index contributed by atoms with van der Waals surface area (Å²) in [6.07, 6.45) is 5.48. The second-order valence-electron chi connectivity index (χ2n) is 8.37. The molecule has 5 rings (SSSR count). The number of nitrogens with one attached hydrogen (secondary N) is 1. The zero-order valence-corrected chi connectivity index (χ0v) is 19.2. The van der Waals surface area contributed by atoms with Gasteiger partial charge in [0.05, 0.1) is 16.0 Å². The van der Waals surface area contributed by atoms with Crippen LogP contribution in [0, 0.1) is 0 Å². The van der Waals surface area contributed by atoms with Crippen molar-refractivity contribution in [2.75, 3.05) is 18.4 Å². The summed E-state index contributed by atoms with van der Waals surface area (Å²) in [7, 11) is -3.50. The fourth-order valence-corrected chi connectivity index (χ4v) is 6.34. The van der Waals surface area contributed by atoms with Crippen molar-refractivity contribution in [3.05, 3.63) is 64.3 Å². The zero-order chi connectivity index (χ0) is 22.3. The predicted octanol–water partition coefficient (Wildman–Crippen LogP) is 4.80. The molecule has 0 spiro atoms. The van der Waals surface area contributed by atoms with Crippen LogP contribution in [0.15, 0.2) is 47.4 Å². The van der Waals surface area contributed by atoms with E-state index in [1.807, 2.05) is 6.07 Å². The first-order chi connectivity index (χ1) is 15.4. The quantitative estimate of drug-likeness (QED) is 0.595. The zero-order valence-electron chi connectivity index (χ0n) is 17.6. The van der Waals surface area contributed by atoms with E-state index in [-0.39, 0.29) is 10.8 Å². The lowest BCUT2D eigenvalue weighted by Crippen LogP contribution is -2.35. The fourth-order valence-electron chi connectivity index (χ4n) is 4.65. The Labute approximate surface area is 192 Å². The molecule has 0 bridgehead atoms. The minimum Gasteiger partial charge on any atom is -0.322 e. The van der Waals surface area contributed by atoms with Crippen LogP contribution < -0.4 is 5.32 Å². The molecule has 2 aromatic carbocycles. The van der Waals surface area contributed by atoms with Gasteiger partial charge < -0.3 is 5.32 Å². The number of aromatic nitrogens is 1. The molecule has 2 heterocycles. The smallest absolute Gasteiger partial charge is 0.256 e. The van der Waals surface area contributed by atoms with E-state index >= 15 is 0 Å². The summed E-state index contributed by atoms with van der Waals surface area (Å²) in [5.74, 6) is -0.232. The Morgan fingerprint density at radius 2 is 1.72 bits per heavy atom. The van der Waals surface area contributed by atoms with Crippen LogP contribution in [0.4, 0.5) is 5.69 Å². The number of nitrogens with zero attached hydrogens (tertiary/aromatic N) is 2. The summed E-state index contributed by atoms with van der Waals surface area (Å²) < 4.78 is 27.3. The van der Waals surface area contributed by atoms with Gasteiger partial charge in [0.25, 0.3) is 5.91 Å². The molecule has 32 heavy (non-hydrogen) atoms.